The molecule has 1 N–H and O–H groups in total. The van der Waals surface area contributed by atoms with E-state index in [0.29, 0.717) is 0 Å². The summed E-state index contributed by atoms with van der Waals surface area (Å²) in [6, 6.07) is 0. The van der Waals surface area contributed by atoms with Crippen LogP contribution in [0.1, 0.15) is 10.4 Å². The normalized spacial score (nSPS) is 10.2. The van der Waals surface area contributed by atoms with Crippen LogP contribution in [0.3, 0.4) is 0 Å². The quantitative estimate of drug-likeness (QED) is 0.808. The minimum atomic E-state index is -1.95. The van der Waals surface area contributed by atoms with Gasteiger partial charge in [-0.05, 0) is 0 Å². The predicted octanol–water partition coefficient (Wildman–Crippen LogP) is 2.46. The summed E-state index contributed by atoms with van der Waals surface area (Å²) in [7, 11) is 0.948. The Balaban J connectivity index is 3.66. The second-order valence-corrected chi connectivity index (χ2v) is 2.85. The zero-order chi connectivity index (χ0) is 11.7. The van der Waals surface area contributed by atoms with Crippen LogP contribution in [0.15, 0.2) is 0 Å². The minimum absolute atomic E-state index is 0.864. The fraction of sp³-hybridized carbons (Fsp3) is 0.125. The number of benzene rings is 1. The molecule has 15 heavy (non-hydrogen) atoms. The first-order valence-electron chi connectivity index (χ1n) is 3.55. The highest BCUT2D eigenvalue weighted by Crippen LogP contribution is 2.34. The number of hydrogen-bond donors (Lipinski definition) is 1. The number of hydrogen-bond acceptors (Lipinski definition) is 2. The van der Waals surface area contributed by atoms with Gasteiger partial charge in [0.05, 0.1) is 7.11 Å². The zero-order valence-electron chi connectivity index (χ0n) is 7.28. The predicted molar refractivity (Wildman–Crippen MR) is 44.8 cm³/mol. The maximum Gasteiger partial charge on any atom is 0.341 e. The van der Waals surface area contributed by atoms with Gasteiger partial charge in [0.25, 0.3) is 0 Å². The summed E-state index contributed by atoms with van der Waals surface area (Å²) in [6.45, 7) is 0. The van der Waals surface area contributed by atoms with Gasteiger partial charge in [-0.1, -0.05) is 11.6 Å². The fourth-order valence-corrected chi connectivity index (χ4v) is 1.23. The molecule has 1 rings (SSSR count). The van der Waals surface area contributed by atoms with Gasteiger partial charge >= 0.3 is 5.97 Å². The molecule has 0 radical (unpaired) electrons. The maximum atomic E-state index is 13.1. The van der Waals surface area contributed by atoms with Gasteiger partial charge in [-0.2, -0.15) is 4.39 Å². The Bertz CT molecular complexity index is 405. The van der Waals surface area contributed by atoms with Crippen molar-refractivity contribution >= 4 is 17.6 Å². The summed E-state index contributed by atoms with van der Waals surface area (Å²) in [6.07, 6.45) is 0. The Labute approximate surface area is 87.0 Å². The van der Waals surface area contributed by atoms with Crippen LogP contribution in [0.5, 0.6) is 5.75 Å². The second kappa shape index (κ2) is 3.98. The first-order valence-corrected chi connectivity index (χ1v) is 3.92. The SMILES string of the molecule is COc1c(F)c(F)c(C(=O)O)c(F)c1Cl. The highest BCUT2D eigenvalue weighted by Gasteiger charge is 2.28. The average molecular weight is 241 g/mol. The summed E-state index contributed by atoms with van der Waals surface area (Å²) in [5.41, 5.74) is -1.45. The Morgan fingerprint density at radius 2 is 1.80 bits per heavy atom. The van der Waals surface area contributed by atoms with Crippen molar-refractivity contribution < 1.29 is 27.8 Å². The van der Waals surface area contributed by atoms with Gasteiger partial charge in [0.2, 0.25) is 5.82 Å². The maximum absolute atomic E-state index is 13.1. The zero-order valence-corrected chi connectivity index (χ0v) is 8.03. The Morgan fingerprint density at radius 3 is 2.20 bits per heavy atom. The molecule has 1 aromatic carbocycles. The summed E-state index contributed by atoms with van der Waals surface area (Å²) >= 11 is 5.25. The van der Waals surface area contributed by atoms with Crippen LogP contribution in [-0.4, -0.2) is 18.2 Å². The van der Waals surface area contributed by atoms with E-state index in [1.165, 1.54) is 0 Å². The number of aromatic carboxylic acids is 1. The summed E-state index contributed by atoms with van der Waals surface area (Å²) in [4.78, 5) is 10.4. The summed E-state index contributed by atoms with van der Waals surface area (Å²) < 4.78 is 43.5. The molecule has 0 atom stereocenters. The van der Waals surface area contributed by atoms with E-state index in [-0.39, 0.29) is 0 Å². The molecule has 0 bridgehead atoms. The number of rotatable bonds is 2. The van der Waals surface area contributed by atoms with Gasteiger partial charge in [0, 0.05) is 0 Å². The van der Waals surface area contributed by atoms with Crippen molar-refractivity contribution in [3.63, 3.8) is 0 Å². The van der Waals surface area contributed by atoms with Crippen molar-refractivity contribution in [1.29, 1.82) is 0 Å². The van der Waals surface area contributed by atoms with E-state index in [1.807, 2.05) is 0 Å². The molecule has 7 heteroatoms. The molecule has 0 saturated heterocycles. The fourth-order valence-electron chi connectivity index (χ4n) is 0.979. The Morgan fingerprint density at radius 1 is 1.27 bits per heavy atom. The lowest BCUT2D eigenvalue weighted by Gasteiger charge is -2.08. The number of carboxylic acid groups (broad SMARTS) is 1. The largest absolute Gasteiger partial charge is 0.492 e. The van der Waals surface area contributed by atoms with E-state index in [2.05, 4.69) is 4.74 Å². The highest BCUT2D eigenvalue weighted by atomic mass is 35.5. The van der Waals surface area contributed by atoms with Crippen LogP contribution in [-0.2, 0) is 0 Å². The molecule has 1 aromatic rings. The molecule has 0 saturated carbocycles. The molecular formula is C8H4ClF3O3. The van der Waals surface area contributed by atoms with Crippen molar-refractivity contribution in [2.75, 3.05) is 7.11 Å². The standard InChI is InChI=1S/C8H4ClF3O3/c1-15-7-3(9)4(10)2(8(13)14)5(11)6(7)12/h1H3,(H,13,14). The summed E-state index contributed by atoms with van der Waals surface area (Å²) in [5.74, 6) is -7.87. The van der Waals surface area contributed by atoms with Gasteiger partial charge in [-0.3, -0.25) is 0 Å². The topological polar surface area (TPSA) is 46.5 Å². The lowest BCUT2D eigenvalue weighted by molar-refractivity contribution is 0.0685. The van der Waals surface area contributed by atoms with Gasteiger partial charge in [0.15, 0.2) is 17.4 Å². The van der Waals surface area contributed by atoms with Crippen LogP contribution in [0.4, 0.5) is 13.2 Å². The van der Waals surface area contributed by atoms with Crippen molar-refractivity contribution in [3.05, 3.63) is 28.0 Å². The van der Waals surface area contributed by atoms with Crippen LogP contribution in [0, 0.1) is 17.5 Å². The molecule has 0 aromatic heterocycles. The first kappa shape index (κ1) is 11.6. The molecule has 0 spiro atoms. The van der Waals surface area contributed by atoms with Gasteiger partial charge in [-0.15, -0.1) is 0 Å². The molecule has 0 aliphatic heterocycles. The molecule has 0 unspecified atom stereocenters. The number of carbonyl (C=O) groups is 1. The molecule has 0 aliphatic rings. The van der Waals surface area contributed by atoms with E-state index >= 15 is 0 Å². The van der Waals surface area contributed by atoms with Crippen LogP contribution in [0.25, 0.3) is 0 Å². The van der Waals surface area contributed by atoms with E-state index in [0.717, 1.165) is 7.11 Å². The third-order valence-electron chi connectivity index (χ3n) is 1.64. The third kappa shape index (κ3) is 1.72. The summed E-state index contributed by atoms with van der Waals surface area (Å²) in [5, 5.41) is 7.50. The Kier molecular flexibility index (Phi) is 3.09. The van der Waals surface area contributed by atoms with E-state index in [4.69, 9.17) is 16.7 Å². The highest BCUT2D eigenvalue weighted by molar-refractivity contribution is 6.32. The van der Waals surface area contributed by atoms with Gasteiger partial charge in [-0.25, -0.2) is 13.6 Å². The van der Waals surface area contributed by atoms with Crippen LogP contribution >= 0.6 is 11.6 Å². The molecule has 82 valence electrons. The molecular weight excluding hydrogens is 237 g/mol. The smallest absolute Gasteiger partial charge is 0.341 e. The van der Waals surface area contributed by atoms with Crippen molar-refractivity contribution in [1.82, 2.24) is 0 Å². The van der Waals surface area contributed by atoms with Gasteiger partial charge < -0.3 is 9.84 Å². The van der Waals surface area contributed by atoms with Crippen molar-refractivity contribution in [2.24, 2.45) is 0 Å². The third-order valence-corrected chi connectivity index (χ3v) is 1.98. The number of carboxylic acids is 1. The molecule has 0 heterocycles. The molecule has 0 amide bonds. The lowest BCUT2D eigenvalue weighted by Crippen LogP contribution is -2.09. The van der Waals surface area contributed by atoms with Gasteiger partial charge in [0.1, 0.15) is 10.6 Å². The van der Waals surface area contributed by atoms with E-state index in [9.17, 15) is 18.0 Å². The van der Waals surface area contributed by atoms with Crippen molar-refractivity contribution in [3.8, 4) is 5.75 Å². The first-order chi connectivity index (χ1) is 6.91. The molecule has 0 fully saturated rings. The van der Waals surface area contributed by atoms with Crippen LogP contribution in [0.2, 0.25) is 5.02 Å². The average Bonchev–Trinajstić information content (AvgIpc) is 2.16. The molecule has 0 aliphatic carbocycles. The lowest BCUT2D eigenvalue weighted by atomic mass is 10.1. The van der Waals surface area contributed by atoms with E-state index in [1.54, 1.807) is 0 Å². The second-order valence-electron chi connectivity index (χ2n) is 2.47. The molecule has 3 nitrogen and oxygen atoms in total. The number of methoxy groups -OCH3 is 1. The van der Waals surface area contributed by atoms with Crippen molar-refractivity contribution in [2.45, 2.75) is 0 Å². The number of halogens is 4. The van der Waals surface area contributed by atoms with Crippen LogP contribution < -0.4 is 4.74 Å². The minimum Gasteiger partial charge on any atom is -0.492 e. The number of ether oxygens (including phenoxy) is 1. The Hall–Kier alpha value is -1.43. The monoisotopic (exact) mass is 240 g/mol. The van der Waals surface area contributed by atoms with E-state index < -0.39 is 39.8 Å².